The van der Waals surface area contributed by atoms with Gasteiger partial charge in [0.1, 0.15) is 6.54 Å². The lowest BCUT2D eigenvalue weighted by Crippen LogP contribution is -2.33. The Bertz CT molecular complexity index is 843. The van der Waals surface area contributed by atoms with Crippen molar-refractivity contribution in [3.8, 4) is 0 Å². The third-order valence-electron chi connectivity index (χ3n) is 4.19. The Kier molecular flexibility index (Phi) is 4.27. The number of nitrogens with zero attached hydrogens (tertiary/aromatic N) is 2. The van der Waals surface area contributed by atoms with Gasteiger partial charge in [0.25, 0.3) is 5.91 Å². The predicted octanol–water partition coefficient (Wildman–Crippen LogP) is 3.48. The van der Waals surface area contributed by atoms with Crippen LogP contribution in [0.15, 0.2) is 48.5 Å². The molecule has 3 rings (SSSR count). The van der Waals surface area contributed by atoms with Crippen molar-refractivity contribution in [3.05, 3.63) is 59.7 Å². The fraction of sp³-hybridized carbons (Fsp3) is 0.211. The summed E-state index contributed by atoms with van der Waals surface area (Å²) in [6, 6.07) is 12.8. The minimum absolute atomic E-state index is 0.0258. The Labute approximate surface area is 145 Å². The van der Waals surface area contributed by atoms with Crippen LogP contribution in [0.25, 0.3) is 0 Å². The number of benzene rings is 2. The summed E-state index contributed by atoms with van der Waals surface area (Å²) >= 11 is 0. The van der Waals surface area contributed by atoms with E-state index in [1.807, 2.05) is 24.3 Å². The number of carbonyl (C=O) groups is 3. The number of amides is 3. The number of carboxylic acids is 1. The molecule has 2 aromatic carbocycles. The lowest BCUT2D eigenvalue weighted by atomic mass is 10.0. The van der Waals surface area contributed by atoms with Gasteiger partial charge in [-0.2, -0.15) is 0 Å². The summed E-state index contributed by atoms with van der Waals surface area (Å²) in [4.78, 5) is 38.6. The topological polar surface area (TPSA) is 77.9 Å². The summed E-state index contributed by atoms with van der Waals surface area (Å²) in [5.74, 6) is -1.12. The van der Waals surface area contributed by atoms with Gasteiger partial charge in [-0.15, -0.1) is 0 Å². The van der Waals surface area contributed by atoms with Gasteiger partial charge in [-0.1, -0.05) is 32.0 Å². The molecule has 25 heavy (non-hydrogen) atoms. The van der Waals surface area contributed by atoms with Crippen molar-refractivity contribution in [2.75, 3.05) is 16.3 Å². The van der Waals surface area contributed by atoms with E-state index in [1.165, 1.54) is 23.1 Å². The third-order valence-corrected chi connectivity index (χ3v) is 4.19. The summed E-state index contributed by atoms with van der Waals surface area (Å²) in [6.45, 7) is 4.09. The summed E-state index contributed by atoms with van der Waals surface area (Å²) in [6.07, 6.45) is 0. The Balaban J connectivity index is 1.90. The van der Waals surface area contributed by atoms with Crippen molar-refractivity contribution in [2.45, 2.75) is 19.8 Å². The highest BCUT2D eigenvalue weighted by atomic mass is 16.4. The monoisotopic (exact) mass is 338 g/mol. The molecule has 1 aliphatic rings. The van der Waals surface area contributed by atoms with E-state index in [0.717, 1.165) is 10.5 Å². The van der Waals surface area contributed by atoms with Crippen LogP contribution in [0.2, 0.25) is 0 Å². The number of urea groups is 1. The average Bonchev–Trinajstić information content (AvgIpc) is 2.89. The number of rotatable bonds is 4. The van der Waals surface area contributed by atoms with Gasteiger partial charge in [-0.25, -0.2) is 14.5 Å². The van der Waals surface area contributed by atoms with Gasteiger partial charge in [0.05, 0.1) is 11.3 Å². The van der Waals surface area contributed by atoms with Crippen molar-refractivity contribution in [1.82, 2.24) is 0 Å². The first-order valence-corrected chi connectivity index (χ1v) is 7.96. The van der Waals surface area contributed by atoms with E-state index in [1.54, 1.807) is 6.07 Å². The Morgan fingerprint density at radius 2 is 1.72 bits per heavy atom. The SMILES string of the molecule is CC(C)c1ccc(N2CC(=O)N(c3cccc(C(=O)O)c3)C2=O)cc1. The van der Waals surface area contributed by atoms with E-state index in [9.17, 15) is 14.4 Å². The lowest BCUT2D eigenvalue weighted by molar-refractivity contribution is -0.115. The Morgan fingerprint density at radius 3 is 2.32 bits per heavy atom. The van der Waals surface area contributed by atoms with E-state index in [4.69, 9.17) is 5.11 Å². The molecule has 0 spiro atoms. The van der Waals surface area contributed by atoms with Crippen molar-refractivity contribution in [2.24, 2.45) is 0 Å². The van der Waals surface area contributed by atoms with E-state index in [0.29, 0.717) is 11.6 Å². The average molecular weight is 338 g/mol. The molecule has 1 aliphatic heterocycles. The van der Waals surface area contributed by atoms with Crippen molar-refractivity contribution in [3.63, 3.8) is 0 Å². The fourth-order valence-corrected chi connectivity index (χ4v) is 2.77. The summed E-state index contributed by atoms with van der Waals surface area (Å²) < 4.78 is 0. The standard InChI is InChI=1S/C19H18N2O4/c1-12(2)13-6-8-15(9-7-13)20-11-17(22)21(19(20)25)16-5-3-4-14(10-16)18(23)24/h3-10,12H,11H2,1-2H3,(H,23,24). The number of imide groups is 1. The van der Waals surface area contributed by atoms with E-state index in [2.05, 4.69) is 13.8 Å². The molecule has 2 aromatic rings. The minimum Gasteiger partial charge on any atom is -0.478 e. The molecule has 0 bridgehead atoms. The van der Waals surface area contributed by atoms with E-state index in [-0.39, 0.29) is 23.7 Å². The zero-order valence-corrected chi connectivity index (χ0v) is 14.0. The molecule has 0 atom stereocenters. The Morgan fingerprint density at radius 1 is 1.04 bits per heavy atom. The van der Waals surface area contributed by atoms with Gasteiger partial charge in [0.15, 0.2) is 0 Å². The van der Waals surface area contributed by atoms with Gasteiger partial charge >= 0.3 is 12.0 Å². The number of carbonyl (C=O) groups excluding carboxylic acids is 2. The zero-order valence-electron chi connectivity index (χ0n) is 14.0. The Hall–Kier alpha value is -3.15. The van der Waals surface area contributed by atoms with Gasteiger partial charge in [-0.3, -0.25) is 9.69 Å². The first-order chi connectivity index (χ1) is 11.9. The van der Waals surface area contributed by atoms with Gasteiger partial charge in [-0.05, 0) is 41.8 Å². The summed E-state index contributed by atoms with van der Waals surface area (Å²) in [5, 5.41) is 9.09. The highest BCUT2D eigenvalue weighted by Gasteiger charge is 2.38. The maximum atomic E-state index is 12.7. The van der Waals surface area contributed by atoms with Crippen LogP contribution in [0.1, 0.15) is 35.7 Å². The smallest absolute Gasteiger partial charge is 0.336 e. The van der Waals surface area contributed by atoms with Crippen molar-refractivity contribution < 1.29 is 19.5 Å². The quantitative estimate of drug-likeness (QED) is 0.866. The largest absolute Gasteiger partial charge is 0.478 e. The maximum absolute atomic E-state index is 12.7. The second-order valence-corrected chi connectivity index (χ2v) is 6.20. The van der Waals surface area contributed by atoms with Crippen LogP contribution >= 0.6 is 0 Å². The normalized spacial score (nSPS) is 14.5. The molecule has 1 heterocycles. The number of hydrogen-bond donors (Lipinski definition) is 1. The molecule has 0 radical (unpaired) electrons. The molecule has 6 nitrogen and oxygen atoms in total. The number of carboxylic acid groups (broad SMARTS) is 1. The number of anilines is 2. The molecule has 0 aliphatic carbocycles. The highest BCUT2D eigenvalue weighted by Crippen LogP contribution is 2.27. The van der Waals surface area contributed by atoms with Crippen LogP contribution in [0.4, 0.5) is 16.2 Å². The van der Waals surface area contributed by atoms with E-state index < -0.39 is 12.0 Å². The minimum atomic E-state index is -1.11. The molecular formula is C19H18N2O4. The van der Waals surface area contributed by atoms with Crippen molar-refractivity contribution >= 4 is 29.3 Å². The van der Waals surface area contributed by atoms with Crippen LogP contribution in [-0.2, 0) is 4.79 Å². The molecule has 0 unspecified atom stereocenters. The molecule has 3 amide bonds. The van der Waals surface area contributed by atoms with Gasteiger partial charge in [0, 0.05) is 5.69 Å². The lowest BCUT2D eigenvalue weighted by Gasteiger charge is -2.18. The van der Waals surface area contributed by atoms with E-state index >= 15 is 0 Å². The summed E-state index contributed by atoms with van der Waals surface area (Å²) in [5.41, 5.74) is 2.07. The third kappa shape index (κ3) is 3.10. The van der Waals surface area contributed by atoms with Crippen LogP contribution in [0.3, 0.4) is 0 Å². The van der Waals surface area contributed by atoms with Gasteiger partial charge < -0.3 is 5.11 Å². The molecular weight excluding hydrogens is 320 g/mol. The highest BCUT2D eigenvalue weighted by molar-refractivity contribution is 6.27. The zero-order chi connectivity index (χ0) is 18.1. The van der Waals surface area contributed by atoms with Gasteiger partial charge in [0.2, 0.25) is 0 Å². The van der Waals surface area contributed by atoms with Crippen LogP contribution in [0, 0.1) is 0 Å². The molecule has 1 N–H and O–H groups in total. The molecule has 0 aromatic heterocycles. The second-order valence-electron chi connectivity index (χ2n) is 6.20. The first-order valence-electron chi connectivity index (χ1n) is 7.96. The molecule has 0 saturated carbocycles. The maximum Gasteiger partial charge on any atom is 0.336 e. The van der Waals surface area contributed by atoms with Crippen molar-refractivity contribution in [1.29, 1.82) is 0 Å². The molecule has 1 fully saturated rings. The summed E-state index contributed by atoms with van der Waals surface area (Å²) in [7, 11) is 0. The first kappa shape index (κ1) is 16.7. The number of hydrogen-bond acceptors (Lipinski definition) is 3. The second kappa shape index (κ2) is 6.39. The van der Waals surface area contributed by atoms with Crippen LogP contribution < -0.4 is 9.80 Å². The predicted molar refractivity (Wildman–Crippen MR) is 94.2 cm³/mol. The molecule has 1 saturated heterocycles. The van der Waals surface area contributed by atoms with Crippen LogP contribution in [0.5, 0.6) is 0 Å². The van der Waals surface area contributed by atoms with Crippen LogP contribution in [-0.4, -0.2) is 29.6 Å². The molecule has 6 heteroatoms. The fourth-order valence-electron chi connectivity index (χ4n) is 2.77. The number of aromatic carboxylic acids is 1. The molecule has 128 valence electrons.